The van der Waals surface area contributed by atoms with Crippen LogP contribution in [0.5, 0.6) is 11.5 Å². The first kappa shape index (κ1) is 26.8. The molecule has 0 aliphatic heterocycles. The third-order valence-electron chi connectivity index (χ3n) is 7.00. The molecule has 1 atom stereocenters. The maximum absolute atomic E-state index is 13.7. The number of carbonyl (C=O) groups is 2. The van der Waals surface area contributed by atoms with Crippen LogP contribution in [-0.4, -0.2) is 50.1 Å². The van der Waals surface area contributed by atoms with Gasteiger partial charge in [-0.25, -0.2) is 4.79 Å². The van der Waals surface area contributed by atoms with E-state index in [2.05, 4.69) is 10.5 Å². The van der Waals surface area contributed by atoms with Crippen molar-refractivity contribution < 1.29 is 33.4 Å². The summed E-state index contributed by atoms with van der Waals surface area (Å²) in [5, 5.41) is 16.9. The zero-order chi connectivity index (χ0) is 27.1. The molecule has 1 heterocycles. The van der Waals surface area contributed by atoms with E-state index in [9.17, 15) is 14.7 Å². The number of benzene rings is 2. The molecule has 0 bridgehead atoms. The molecule has 1 aromatic heterocycles. The Hall–Kier alpha value is -4.27. The van der Waals surface area contributed by atoms with E-state index in [1.807, 2.05) is 42.5 Å². The molecule has 9 nitrogen and oxygen atoms in total. The van der Waals surface area contributed by atoms with Gasteiger partial charge in [-0.1, -0.05) is 48.3 Å². The highest BCUT2D eigenvalue weighted by Gasteiger charge is 2.48. The zero-order valence-corrected chi connectivity index (χ0v) is 21.7. The molecule has 9 heteroatoms. The monoisotopic (exact) mass is 520 g/mol. The van der Waals surface area contributed by atoms with Gasteiger partial charge in [0.2, 0.25) is 5.91 Å². The summed E-state index contributed by atoms with van der Waals surface area (Å²) >= 11 is 0. The van der Waals surface area contributed by atoms with Crippen molar-refractivity contribution >= 4 is 17.6 Å². The van der Waals surface area contributed by atoms with Crippen LogP contribution in [0, 0.1) is 5.41 Å². The Morgan fingerprint density at radius 2 is 1.66 bits per heavy atom. The Morgan fingerprint density at radius 3 is 2.18 bits per heavy atom. The second kappa shape index (κ2) is 11.9. The third kappa shape index (κ3) is 5.37. The number of furan rings is 1. The highest BCUT2D eigenvalue weighted by Crippen LogP contribution is 2.42. The van der Waals surface area contributed by atoms with Crippen molar-refractivity contribution in [1.82, 2.24) is 5.32 Å². The maximum atomic E-state index is 13.7. The number of hydrogen-bond donors (Lipinski definition) is 2. The second-order valence-electron chi connectivity index (χ2n) is 9.19. The van der Waals surface area contributed by atoms with Crippen LogP contribution in [0.15, 0.2) is 70.4 Å². The number of aliphatic carboxylic acids is 1. The maximum Gasteiger partial charge on any atom is 0.326 e. The van der Waals surface area contributed by atoms with E-state index in [0.717, 1.165) is 29.5 Å². The van der Waals surface area contributed by atoms with E-state index in [0.29, 0.717) is 35.8 Å². The minimum atomic E-state index is -1.13. The van der Waals surface area contributed by atoms with Crippen molar-refractivity contribution in [1.29, 1.82) is 0 Å². The van der Waals surface area contributed by atoms with E-state index in [1.54, 1.807) is 26.4 Å². The van der Waals surface area contributed by atoms with Gasteiger partial charge in [-0.15, -0.1) is 0 Å². The van der Waals surface area contributed by atoms with Crippen molar-refractivity contribution in [3.8, 4) is 22.6 Å². The molecule has 4 rings (SSSR count). The average molecular weight is 521 g/mol. The van der Waals surface area contributed by atoms with Gasteiger partial charge in [-0.3, -0.25) is 4.79 Å². The summed E-state index contributed by atoms with van der Waals surface area (Å²) < 4.78 is 16.5. The Balaban J connectivity index is 1.57. The van der Waals surface area contributed by atoms with Crippen molar-refractivity contribution in [2.45, 2.75) is 38.1 Å². The van der Waals surface area contributed by atoms with E-state index in [4.69, 9.17) is 18.7 Å². The number of hydrogen-bond acceptors (Lipinski definition) is 7. The number of rotatable bonds is 11. The fourth-order valence-corrected chi connectivity index (χ4v) is 5.10. The topological polar surface area (TPSA) is 120 Å². The lowest BCUT2D eigenvalue weighted by Crippen LogP contribution is -2.51. The predicted molar refractivity (Wildman–Crippen MR) is 141 cm³/mol. The van der Waals surface area contributed by atoms with E-state index >= 15 is 0 Å². The molecule has 0 spiro atoms. The molecular weight excluding hydrogens is 488 g/mol. The summed E-state index contributed by atoms with van der Waals surface area (Å²) in [7, 11) is 4.60. The van der Waals surface area contributed by atoms with Crippen LogP contribution in [0.1, 0.15) is 37.0 Å². The van der Waals surface area contributed by atoms with Gasteiger partial charge in [0, 0.05) is 6.42 Å². The predicted octanol–water partition coefficient (Wildman–Crippen LogP) is 4.69. The number of amides is 1. The van der Waals surface area contributed by atoms with Crippen LogP contribution in [0.2, 0.25) is 0 Å². The first-order valence-corrected chi connectivity index (χ1v) is 12.4. The fourth-order valence-electron chi connectivity index (χ4n) is 5.10. The highest BCUT2D eigenvalue weighted by atomic mass is 16.6. The number of methoxy groups -OCH3 is 2. The molecule has 200 valence electrons. The SMILES string of the molecule is CON=C(c1ccco1)C1(C(=O)N[C@@H](Cc2ccc(-c3c(OC)cccc3OC)cc2)C(=O)O)CCCC1. The van der Waals surface area contributed by atoms with Gasteiger partial charge in [-0.2, -0.15) is 0 Å². The zero-order valence-electron chi connectivity index (χ0n) is 21.7. The lowest BCUT2D eigenvalue weighted by Gasteiger charge is -2.29. The van der Waals surface area contributed by atoms with Crippen molar-refractivity contribution in [3.05, 3.63) is 72.2 Å². The largest absolute Gasteiger partial charge is 0.496 e. The van der Waals surface area contributed by atoms with Gasteiger partial charge in [0.25, 0.3) is 0 Å². The standard InChI is InChI=1S/C29H32N2O7/c1-35-22-8-6-9-23(36-2)25(22)20-13-11-19(12-14-20)18-21(27(32)33)30-28(34)29(15-4-5-16-29)26(31-37-3)24-10-7-17-38-24/h6-14,17,21H,4-5,15-16,18H2,1-3H3,(H,30,34)(H,32,33)/t21-/m0/s1. The Bertz CT molecular complexity index is 1250. The Kier molecular flexibility index (Phi) is 8.35. The first-order chi connectivity index (χ1) is 18.4. The molecule has 1 aliphatic rings. The summed E-state index contributed by atoms with van der Waals surface area (Å²) in [6.07, 6.45) is 4.27. The summed E-state index contributed by atoms with van der Waals surface area (Å²) in [5.41, 5.74) is 1.76. The quantitative estimate of drug-likeness (QED) is 0.278. The summed E-state index contributed by atoms with van der Waals surface area (Å²) in [5.74, 6) is 0.243. The lowest BCUT2D eigenvalue weighted by molar-refractivity contribution is -0.143. The van der Waals surface area contributed by atoms with Crippen molar-refractivity contribution in [3.63, 3.8) is 0 Å². The van der Waals surface area contributed by atoms with Crippen LogP contribution >= 0.6 is 0 Å². The minimum absolute atomic E-state index is 0.109. The van der Waals surface area contributed by atoms with Gasteiger partial charge in [0.1, 0.15) is 30.4 Å². The van der Waals surface area contributed by atoms with Crippen molar-refractivity contribution in [2.24, 2.45) is 10.6 Å². The molecule has 3 aromatic rings. The summed E-state index contributed by atoms with van der Waals surface area (Å²) in [4.78, 5) is 31.0. The van der Waals surface area contributed by atoms with Crippen LogP contribution in [0.3, 0.4) is 0 Å². The number of carbonyl (C=O) groups excluding carboxylic acids is 1. The number of carboxylic acids is 1. The average Bonchev–Trinajstić information content (AvgIpc) is 3.65. The molecule has 38 heavy (non-hydrogen) atoms. The van der Waals surface area contributed by atoms with Crippen LogP contribution in [0.4, 0.5) is 0 Å². The number of nitrogens with zero attached hydrogens (tertiary/aromatic N) is 1. The molecule has 1 amide bonds. The van der Waals surface area contributed by atoms with Gasteiger partial charge in [-0.05, 0) is 48.2 Å². The molecule has 1 saturated carbocycles. The van der Waals surface area contributed by atoms with Crippen LogP contribution in [-0.2, 0) is 20.8 Å². The lowest BCUT2D eigenvalue weighted by atomic mass is 9.78. The molecule has 1 fully saturated rings. The number of carboxylic acid groups (broad SMARTS) is 1. The molecular formula is C29H32N2O7. The summed E-state index contributed by atoms with van der Waals surface area (Å²) in [6, 6.07) is 15.3. The van der Waals surface area contributed by atoms with Crippen LogP contribution in [0.25, 0.3) is 11.1 Å². The van der Waals surface area contributed by atoms with E-state index in [1.165, 1.54) is 13.4 Å². The minimum Gasteiger partial charge on any atom is -0.496 e. The summed E-state index contributed by atoms with van der Waals surface area (Å²) in [6.45, 7) is 0. The number of oxime groups is 1. The van der Waals surface area contributed by atoms with Gasteiger partial charge in [0.15, 0.2) is 5.76 Å². The van der Waals surface area contributed by atoms with Crippen molar-refractivity contribution in [2.75, 3.05) is 21.3 Å². The van der Waals surface area contributed by atoms with E-state index < -0.39 is 23.3 Å². The normalized spacial score (nSPS) is 15.5. The van der Waals surface area contributed by atoms with Gasteiger partial charge in [0.05, 0.1) is 31.5 Å². The molecule has 1 aliphatic carbocycles. The van der Waals surface area contributed by atoms with Gasteiger partial charge >= 0.3 is 5.97 Å². The second-order valence-corrected chi connectivity index (χ2v) is 9.19. The fraction of sp³-hybridized carbons (Fsp3) is 0.345. The Labute approximate surface area is 221 Å². The molecule has 0 saturated heterocycles. The number of nitrogens with one attached hydrogen (secondary N) is 1. The molecule has 2 aromatic carbocycles. The third-order valence-corrected chi connectivity index (χ3v) is 7.00. The van der Waals surface area contributed by atoms with E-state index in [-0.39, 0.29) is 6.42 Å². The number of ether oxygens (including phenoxy) is 2. The molecule has 0 radical (unpaired) electrons. The molecule has 2 N–H and O–H groups in total. The van der Waals surface area contributed by atoms with Gasteiger partial charge < -0.3 is 29.2 Å². The first-order valence-electron chi connectivity index (χ1n) is 12.4. The smallest absolute Gasteiger partial charge is 0.326 e. The van der Waals surface area contributed by atoms with Crippen LogP contribution < -0.4 is 14.8 Å². The molecule has 0 unspecified atom stereocenters. The Morgan fingerprint density at radius 1 is 1.00 bits per heavy atom. The highest BCUT2D eigenvalue weighted by molar-refractivity contribution is 6.16.